The number of rotatable bonds is 7. The van der Waals surface area contributed by atoms with Gasteiger partial charge in [0.1, 0.15) is 5.82 Å². The summed E-state index contributed by atoms with van der Waals surface area (Å²) < 4.78 is 7.56. The number of nitro groups is 1. The molecule has 2 aromatic carbocycles. The Morgan fingerprint density at radius 3 is 2.66 bits per heavy atom. The number of hydrogen-bond acceptors (Lipinski definition) is 7. The highest BCUT2D eigenvalue weighted by Gasteiger charge is 2.24. The van der Waals surface area contributed by atoms with Crippen LogP contribution in [0.2, 0.25) is 0 Å². The Hall–Kier alpha value is -3.12. The van der Waals surface area contributed by atoms with Gasteiger partial charge in [0.05, 0.1) is 22.0 Å². The fraction of sp³-hybridized carbons (Fsp3) is 0.304. The van der Waals surface area contributed by atoms with E-state index in [-0.39, 0.29) is 22.8 Å². The summed E-state index contributed by atoms with van der Waals surface area (Å²) in [4.78, 5) is 40.2. The molecule has 1 saturated carbocycles. The van der Waals surface area contributed by atoms with Crippen molar-refractivity contribution >= 4 is 60.6 Å². The molecule has 1 aromatic heterocycles. The quantitative estimate of drug-likeness (QED) is 0.221. The first kappa shape index (κ1) is 25.0. The van der Waals surface area contributed by atoms with Gasteiger partial charge in [0.2, 0.25) is 5.75 Å². The van der Waals surface area contributed by atoms with Gasteiger partial charge in [-0.1, -0.05) is 51.1 Å². The molecular formula is C23H20Br2N4O6. The van der Waals surface area contributed by atoms with Crippen LogP contribution < -0.4 is 10.3 Å². The summed E-state index contributed by atoms with van der Waals surface area (Å²) >= 11 is 6.61. The summed E-state index contributed by atoms with van der Waals surface area (Å²) in [6.07, 6.45) is 6.17. The summed E-state index contributed by atoms with van der Waals surface area (Å²) in [5.74, 6) is -0.974. The third-order valence-electron chi connectivity index (χ3n) is 5.72. The van der Waals surface area contributed by atoms with Gasteiger partial charge in [0.25, 0.3) is 5.56 Å². The van der Waals surface area contributed by atoms with Crippen molar-refractivity contribution in [2.75, 3.05) is 6.61 Å². The smallest absolute Gasteiger partial charge is 0.341 e. The number of aliphatic carboxylic acids is 1. The first-order valence-electron chi connectivity index (χ1n) is 10.8. The predicted octanol–water partition coefficient (Wildman–Crippen LogP) is 5.22. The fourth-order valence-corrected chi connectivity index (χ4v) is 4.97. The maximum Gasteiger partial charge on any atom is 0.341 e. The van der Waals surface area contributed by atoms with Gasteiger partial charge in [0.15, 0.2) is 6.61 Å². The molecule has 10 nitrogen and oxygen atoms in total. The van der Waals surface area contributed by atoms with Gasteiger partial charge in [0, 0.05) is 26.5 Å². The number of halogens is 2. The monoisotopic (exact) mass is 606 g/mol. The average molecular weight is 608 g/mol. The maximum atomic E-state index is 13.5. The van der Waals surface area contributed by atoms with Crippen LogP contribution in [0.3, 0.4) is 0 Å². The molecule has 0 aliphatic heterocycles. The van der Waals surface area contributed by atoms with Crippen molar-refractivity contribution in [2.24, 2.45) is 5.10 Å². The Labute approximate surface area is 216 Å². The van der Waals surface area contributed by atoms with E-state index in [1.54, 1.807) is 12.1 Å². The molecule has 12 heteroatoms. The molecule has 3 aromatic rings. The van der Waals surface area contributed by atoms with Crippen LogP contribution in [0.4, 0.5) is 5.69 Å². The zero-order valence-electron chi connectivity index (χ0n) is 18.3. The molecule has 0 spiro atoms. The Morgan fingerprint density at radius 1 is 1.23 bits per heavy atom. The van der Waals surface area contributed by atoms with Crippen LogP contribution in [0.5, 0.6) is 5.75 Å². The number of carboxylic acids is 1. The van der Waals surface area contributed by atoms with Crippen molar-refractivity contribution in [1.29, 1.82) is 0 Å². The van der Waals surface area contributed by atoms with Gasteiger partial charge >= 0.3 is 11.7 Å². The van der Waals surface area contributed by atoms with Gasteiger partial charge in [-0.15, -0.1) is 0 Å². The Bertz CT molecular complexity index is 1400. The summed E-state index contributed by atoms with van der Waals surface area (Å²) in [5.41, 5.74) is -0.0925. The van der Waals surface area contributed by atoms with Crippen LogP contribution in [0.25, 0.3) is 10.9 Å². The van der Waals surface area contributed by atoms with E-state index in [1.807, 2.05) is 6.07 Å². The normalized spacial score (nSPS) is 14.5. The van der Waals surface area contributed by atoms with E-state index in [0.29, 0.717) is 21.2 Å². The highest BCUT2D eigenvalue weighted by Crippen LogP contribution is 2.35. The highest BCUT2D eigenvalue weighted by molar-refractivity contribution is 9.10. The molecule has 1 heterocycles. The number of fused-ring (bicyclic) bond motifs is 1. The zero-order chi connectivity index (χ0) is 25.1. The molecule has 35 heavy (non-hydrogen) atoms. The first-order valence-corrected chi connectivity index (χ1v) is 12.4. The van der Waals surface area contributed by atoms with Gasteiger partial charge in [-0.3, -0.25) is 14.9 Å². The number of hydrogen-bond donors (Lipinski definition) is 1. The topological polar surface area (TPSA) is 137 Å². The number of carbonyl (C=O) groups is 1. The minimum Gasteiger partial charge on any atom is -0.479 e. The Balaban J connectivity index is 1.88. The minimum atomic E-state index is -1.29. The summed E-state index contributed by atoms with van der Waals surface area (Å²) in [6.45, 7) is -0.776. The lowest BCUT2D eigenvalue weighted by Crippen LogP contribution is -2.25. The molecule has 0 saturated heterocycles. The summed E-state index contributed by atoms with van der Waals surface area (Å²) in [5, 5.41) is 25.3. The van der Waals surface area contributed by atoms with Crippen LogP contribution in [-0.2, 0) is 4.79 Å². The zero-order valence-corrected chi connectivity index (χ0v) is 21.5. The molecule has 1 aliphatic rings. The second-order valence-corrected chi connectivity index (χ2v) is 9.94. The van der Waals surface area contributed by atoms with Crippen molar-refractivity contribution in [3.8, 4) is 5.75 Å². The molecule has 0 radical (unpaired) electrons. The van der Waals surface area contributed by atoms with Crippen LogP contribution in [0.15, 0.2) is 49.2 Å². The average Bonchev–Trinajstić information content (AvgIpc) is 2.83. The van der Waals surface area contributed by atoms with Crippen molar-refractivity contribution in [3.05, 3.63) is 71.1 Å². The minimum absolute atomic E-state index is 0.0428. The molecule has 0 atom stereocenters. The van der Waals surface area contributed by atoms with Crippen molar-refractivity contribution in [2.45, 2.75) is 38.0 Å². The number of nitrogens with zero attached hydrogens (tertiary/aromatic N) is 4. The molecule has 1 N–H and O–H groups in total. The van der Waals surface area contributed by atoms with E-state index in [9.17, 15) is 19.7 Å². The second kappa shape index (κ2) is 10.6. The first-order chi connectivity index (χ1) is 16.7. The number of ether oxygens (including phenoxy) is 1. The SMILES string of the molecule is O=C(O)COc1c(C=Nn2c(C3CCCCC3)nc3ccc(Br)cc3c2=O)cc(Br)cc1[N+](=O)[O-]. The third kappa shape index (κ3) is 5.59. The van der Waals surface area contributed by atoms with E-state index in [0.717, 1.165) is 36.6 Å². The third-order valence-corrected chi connectivity index (χ3v) is 6.67. The van der Waals surface area contributed by atoms with Crippen molar-refractivity contribution < 1.29 is 19.6 Å². The van der Waals surface area contributed by atoms with E-state index in [2.05, 4.69) is 37.0 Å². The second-order valence-electron chi connectivity index (χ2n) is 8.11. The molecular weight excluding hydrogens is 588 g/mol. The standard InChI is InChI=1S/C23H20Br2N4O6/c24-15-6-7-18-17(9-15)23(32)28(22(27-18)13-4-2-1-3-5-13)26-11-14-8-16(25)10-19(29(33)34)21(14)35-12-20(30)31/h6-11,13H,1-5,12H2,(H,30,31). The largest absolute Gasteiger partial charge is 0.479 e. The van der Waals surface area contributed by atoms with Crippen LogP contribution in [-0.4, -0.2) is 38.5 Å². The highest BCUT2D eigenvalue weighted by atomic mass is 79.9. The van der Waals surface area contributed by atoms with E-state index < -0.39 is 23.2 Å². The molecule has 0 unspecified atom stereocenters. The number of aromatic nitrogens is 2. The van der Waals surface area contributed by atoms with Crippen molar-refractivity contribution in [1.82, 2.24) is 9.66 Å². The van der Waals surface area contributed by atoms with Crippen LogP contribution in [0.1, 0.15) is 49.4 Å². The number of nitro benzene ring substituents is 1. The van der Waals surface area contributed by atoms with Crippen LogP contribution in [0, 0.1) is 10.1 Å². The number of benzene rings is 2. The van der Waals surface area contributed by atoms with Crippen molar-refractivity contribution in [3.63, 3.8) is 0 Å². The fourth-order valence-electron chi connectivity index (χ4n) is 4.14. The molecule has 4 rings (SSSR count). The van der Waals surface area contributed by atoms with Gasteiger partial charge < -0.3 is 9.84 Å². The van der Waals surface area contributed by atoms with E-state index >= 15 is 0 Å². The lowest BCUT2D eigenvalue weighted by molar-refractivity contribution is -0.385. The van der Waals surface area contributed by atoms with Gasteiger partial charge in [-0.25, -0.2) is 9.78 Å². The lowest BCUT2D eigenvalue weighted by Gasteiger charge is -2.22. The molecule has 0 bridgehead atoms. The number of carboxylic acid groups (broad SMARTS) is 1. The maximum absolute atomic E-state index is 13.5. The van der Waals surface area contributed by atoms with E-state index in [1.165, 1.54) is 23.0 Å². The Morgan fingerprint density at radius 2 is 1.97 bits per heavy atom. The van der Waals surface area contributed by atoms with Gasteiger partial charge in [-0.2, -0.15) is 9.78 Å². The Kier molecular flexibility index (Phi) is 7.60. The summed E-state index contributed by atoms with van der Waals surface area (Å²) in [7, 11) is 0. The van der Waals surface area contributed by atoms with Gasteiger partial charge in [-0.05, 0) is 37.1 Å². The van der Waals surface area contributed by atoms with E-state index in [4.69, 9.17) is 14.8 Å². The summed E-state index contributed by atoms with van der Waals surface area (Å²) in [6, 6.07) is 7.98. The molecule has 1 fully saturated rings. The van der Waals surface area contributed by atoms with Crippen LogP contribution >= 0.6 is 31.9 Å². The lowest BCUT2D eigenvalue weighted by atomic mass is 9.88. The molecule has 182 valence electrons. The molecule has 0 amide bonds. The predicted molar refractivity (Wildman–Crippen MR) is 136 cm³/mol. The molecule has 1 aliphatic carbocycles.